The number of nitrogens with zero attached hydrogens (tertiary/aromatic N) is 1. The third-order valence-electron chi connectivity index (χ3n) is 7.23. The Balaban J connectivity index is 2.84. The number of ketones is 2. The van der Waals surface area contributed by atoms with Crippen LogP contribution >= 0.6 is 0 Å². The van der Waals surface area contributed by atoms with E-state index < -0.39 is 70.9 Å². The summed E-state index contributed by atoms with van der Waals surface area (Å²) in [4.78, 5) is 68.7. The highest BCUT2D eigenvalue weighted by Gasteiger charge is 2.68. The van der Waals surface area contributed by atoms with Gasteiger partial charge in [0, 0.05) is 0 Å². The molecule has 11 heteroatoms. The number of imide groups is 1. The predicted molar refractivity (Wildman–Crippen MR) is 137 cm³/mol. The standard InChI is InChI=1S/C26H39N5O6/c1-15(2)20(29)23(35)31(22(34)17(28)13-16-9-6-5-7-10-16)26(24(36)37,25(3,4)19(32)14-27)21(33)18-11-8-12-30-18/h5-7,9-10,15,17-18,20,30H,8,11-14,27-29H2,1-4H3,(H,36,37). The molecule has 1 fully saturated rings. The van der Waals surface area contributed by atoms with Crippen molar-refractivity contribution in [3.05, 3.63) is 35.9 Å². The molecule has 0 saturated carbocycles. The van der Waals surface area contributed by atoms with Gasteiger partial charge in [0.05, 0.1) is 30.1 Å². The number of hydrogen-bond acceptors (Lipinski definition) is 9. The van der Waals surface area contributed by atoms with Gasteiger partial charge in [-0.2, -0.15) is 0 Å². The van der Waals surface area contributed by atoms with Gasteiger partial charge in [-0.3, -0.25) is 24.1 Å². The molecule has 0 aliphatic carbocycles. The molecule has 2 rings (SSSR count). The molecule has 37 heavy (non-hydrogen) atoms. The normalized spacial score (nSPS) is 19.1. The first-order valence-corrected chi connectivity index (χ1v) is 12.4. The van der Waals surface area contributed by atoms with Gasteiger partial charge in [-0.05, 0) is 51.1 Å². The number of carboxylic acids is 1. The Labute approximate surface area is 217 Å². The third-order valence-corrected chi connectivity index (χ3v) is 7.23. The summed E-state index contributed by atoms with van der Waals surface area (Å²) in [6, 6.07) is 4.94. The van der Waals surface area contributed by atoms with Crippen LogP contribution in [0.3, 0.4) is 0 Å². The Bertz CT molecular complexity index is 1020. The molecule has 1 aliphatic rings. The van der Waals surface area contributed by atoms with Gasteiger partial charge in [0.25, 0.3) is 0 Å². The van der Waals surface area contributed by atoms with E-state index in [1.54, 1.807) is 44.2 Å². The number of benzene rings is 1. The predicted octanol–water partition coefficient (Wildman–Crippen LogP) is -0.407. The van der Waals surface area contributed by atoms with E-state index in [2.05, 4.69) is 5.32 Å². The van der Waals surface area contributed by atoms with Crippen LogP contribution in [-0.4, -0.2) is 76.1 Å². The van der Waals surface area contributed by atoms with Gasteiger partial charge < -0.3 is 27.6 Å². The molecule has 1 aromatic carbocycles. The summed E-state index contributed by atoms with van der Waals surface area (Å²) in [7, 11) is 0. The van der Waals surface area contributed by atoms with Crippen LogP contribution in [0.4, 0.5) is 0 Å². The second kappa shape index (κ2) is 12.0. The summed E-state index contributed by atoms with van der Waals surface area (Å²) in [6.07, 6.45) is 0.790. The van der Waals surface area contributed by atoms with Crippen molar-refractivity contribution in [3.8, 4) is 0 Å². The first-order valence-electron chi connectivity index (χ1n) is 12.4. The molecule has 4 unspecified atom stereocenters. The zero-order valence-electron chi connectivity index (χ0n) is 21.9. The number of carbonyl (C=O) groups excluding carboxylic acids is 4. The fourth-order valence-corrected chi connectivity index (χ4v) is 4.78. The number of Topliss-reactive ketones (excluding diaryl/α,β-unsaturated/α-hetero) is 2. The topological polar surface area (TPSA) is 199 Å². The number of nitrogens with one attached hydrogen (secondary N) is 1. The second-order valence-corrected chi connectivity index (χ2v) is 10.4. The van der Waals surface area contributed by atoms with Crippen LogP contribution in [0.1, 0.15) is 46.1 Å². The van der Waals surface area contributed by atoms with E-state index in [9.17, 15) is 29.1 Å². The van der Waals surface area contributed by atoms with Crippen molar-refractivity contribution >= 4 is 29.4 Å². The molecule has 8 N–H and O–H groups in total. The van der Waals surface area contributed by atoms with Gasteiger partial charge in [-0.1, -0.05) is 44.2 Å². The highest BCUT2D eigenvalue weighted by molar-refractivity contribution is 6.21. The molecular weight excluding hydrogens is 478 g/mol. The summed E-state index contributed by atoms with van der Waals surface area (Å²) >= 11 is 0. The molecule has 0 bridgehead atoms. The van der Waals surface area contributed by atoms with E-state index in [4.69, 9.17) is 17.2 Å². The molecule has 0 aromatic heterocycles. The molecule has 2 amide bonds. The molecule has 1 aliphatic heterocycles. The average molecular weight is 518 g/mol. The van der Waals surface area contributed by atoms with Crippen LogP contribution in [0, 0.1) is 11.3 Å². The minimum absolute atomic E-state index is 0.0444. The van der Waals surface area contributed by atoms with Gasteiger partial charge >= 0.3 is 5.97 Å². The van der Waals surface area contributed by atoms with Crippen molar-refractivity contribution in [2.45, 2.75) is 70.6 Å². The maximum Gasteiger partial charge on any atom is 0.339 e. The van der Waals surface area contributed by atoms with Gasteiger partial charge in [-0.15, -0.1) is 0 Å². The molecule has 1 saturated heterocycles. The Morgan fingerprint density at radius 3 is 2.14 bits per heavy atom. The van der Waals surface area contributed by atoms with E-state index in [-0.39, 0.29) is 12.8 Å². The van der Waals surface area contributed by atoms with E-state index >= 15 is 0 Å². The molecule has 0 spiro atoms. The monoisotopic (exact) mass is 517 g/mol. The maximum absolute atomic E-state index is 14.1. The van der Waals surface area contributed by atoms with Crippen molar-refractivity contribution in [3.63, 3.8) is 0 Å². The van der Waals surface area contributed by atoms with E-state index in [1.807, 2.05) is 0 Å². The van der Waals surface area contributed by atoms with Crippen LogP contribution < -0.4 is 22.5 Å². The van der Waals surface area contributed by atoms with Crippen LogP contribution in [0.25, 0.3) is 0 Å². The summed E-state index contributed by atoms with van der Waals surface area (Å²) < 4.78 is 0. The number of nitrogens with two attached hydrogens (primary N) is 3. The highest BCUT2D eigenvalue weighted by Crippen LogP contribution is 2.41. The molecule has 11 nitrogen and oxygen atoms in total. The molecule has 0 radical (unpaired) electrons. The summed E-state index contributed by atoms with van der Waals surface area (Å²) in [6.45, 7) is 5.47. The average Bonchev–Trinajstić information content (AvgIpc) is 3.40. The van der Waals surface area contributed by atoms with Crippen LogP contribution in [0.2, 0.25) is 0 Å². The largest absolute Gasteiger partial charge is 0.479 e. The van der Waals surface area contributed by atoms with Gasteiger partial charge in [0.2, 0.25) is 17.4 Å². The molecule has 204 valence electrons. The van der Waals surface area contributed by atoms with Crippen LogP contribution in [0.15, 0.2) is 30.3 Å². The van der Waals surface area contributed by atoms with E-state index in [1.165, 1.54) is 13.8 Å². The zero-order chi connectivity index (χ0) is 28.1. The quantitative estimate of drug-likeness (QED) is 0.227. The number of carbonyl (C=O) groups is 5. The SMILES string of the molecule is CC(C)C(N)C(=O)N(C(=O)C(N)Cc1ccccc1)C(C(=O)O)(C(=O)C1CCCN1)C(C)(C)C(=O)CN. The van der Waals surface area contributed by atoms with Crippen molar-refractivity contribution in [2.75, 3.05) is 13.1 Å². The number of aliphatic carboxylic acids is 1. The summed E-state index contributed by atoms with van der Waals surface area (Å²) in [5.41, 5.74) is 13.6. The highest BCUT2D eigenvalue weighted by atomic mass is 16.4. The molecular formula is C26H39N5O6. The number of rotatable bonds is 12. The van der Waals surface area contributed by atoms with Gasteiger partial charge in [0.15, 0.2) is 11.6 Å². The van der Waals surface area contributed by atoms with Gasteiger partial charge in [-0.25, -0.2) is 4.79 Å². The van der Waals surface area contributed by atoms with Crippen molar-refractivity contribution in [1.29, 1.82) is 0 Å². The minimum atomic E-state index is -2.94. The first kappa shape index (κ1) is 30.2. The maximum atomic E-state index is 14.1. The van der Waals surface area contributed by atoms with Crippen molar-refractivity contribution in [1.82, 2.24) is 10.2 Å². The Morgan fingerprint density at radius 2 is 1.68 bits per heavy atom. The number of carboxylic acid groups (broad SMARTS) is 1. The lowest BCUT2D eigenvalue weighted by Crippen LogP contribution is -2.77. The van der Waals surface area contributed by atoms with Crippen LogP contribution in [0.5, 0.6) is 0 Å². The number of amides is 2. The fraction of sp³-hybridized carbons (Fsp3) is 0.577. The third kappa shape index (κ3) is 5.64. The number of hydrogen-bond donors (Lipinski definition) is 5. The fourth-order valence-electron chi connectivity index (χ4n) is 4.78. The van der Waals surface area contributed by atoms with Crippen LogP contribution in [-0.2, 0) is 30.4 Å². The minimum Gasteiger partial charge on any atom is -0.479 e. The lowest BCUT2D eigenvalue weighted by Gasteiger charge is -2.49. The lowest BCUT2D eigenvalue weighted by molar-refractivity contribution is -0.183. The van der Waals surface area contributed by atoms with E-state index in [0.717, 1.165) is 0 Å². The Kier molecular flexibility index (Phi) is 9.84. The Hall–Kier alpha value is -2.99. The molecule has 1 aromatic rings. The molecule has 4 atom stereocenters. The first-order chi connectivity index (χ1) is 17.2. The second-order valence-electron chi connectivity index (χ2n) is 10.4. The summed E-state index contributed by atoms with van der Waals surface area (Å²) in [5, 5.41) is 13.7. The smallest absolute Gasteiger partial charge is 0.339 e. The lowest BCUT2D eigenvalue weighted by atomic mass is 9.63. The van der Waals surface area contributed by atoms with Crippen molar-refractivity contribution < 1.29 is 29.1 Å². The Morgan fingerprint density at radius 1 is 1.08 bits per heavy atom. The zero-order valence-corrected chi connectivity index (χ0v) is 21.9. The summed E-state index contributed by atoms with van der Waals surface area (Å²) in [5.74, 6) is -6.38. The van der Waals surface area contributed by atoms with Gasteiger partial charge in [0.1, 0.15) is 0 Å². The molecule has 1 heterocycles. The van der Waals surface area contributed by atoms with E-state index in [0.29, 0.717) is 23.4 Å². The van der Waals surface area contributed by atoms with Crippen molar-refractivity contribution in [2.24, 2.45) is 28.5 Å².